The molecule has 1 atom stereocenters. The molecule has 27 heavy (non-hydrogen) atoms. The molecule has 0 rings (SSSR count). The first kappa shape index (κ1) is 29.4. The maximum atomic E-state index is 11.8. The molecule has 0 aliphatic heterocycles. The quantitative estimate of drug-likeness (QED) is 0.221. The van der Waals surface area contributed by atoms with Crippen LogP contribution in [0.15, 0.2) is 0 Å². The number of rotatable bonds is 9. The molecule has 7 N–H and O–H groups in total. The van der Waals surface area contributed by atoms with Crippen LogP contribution in [-0.4, -0.2) is 52.8 Å². The number of carbonyl (C=O) groups is 4. The van der Waals surface area contributed by atoms with E-state index >= 15 is 0 Å². The molecule has 0 saturated carbocycles. The molecule has 0 aliphatic rings. The van der Waals surface area contributed by atoms with Crippen LogP contribution in [0.3, 0.4) is 0 Å². The molecule has 2 amide bonds. The highest BCUT2D eigenvalue weighted by atomic mass is 16.6. The Bertz CT molecular complexity index is 423. The van der Waals surface area contributed by atoms with Crippen molar-refractivity contribution in [2.24, 2.45) is 11.5 Å². The molecule has 0 fully saturated rings. The Morgan fingerprint density at radius 2 is 1.70 bits per heavy atom. The lowest BCUT2D eigenvalue weighted by atomic mass is 10.1. The Morgan fingerprint density at radius 1 is 1.19 bits per heavy atom. The number of primary amides is 1. The van der Waals surface area contributed by atoms with E-state index in [2.05, 4.69) is 5.32 Å². The maximum absolute atomic E-state index is 11.8. The summed E-state index contributed by atoms with van der Waals surface area (Å²) in [5.41, 5.74) is 9.80. The molecule has 0 radical (unpaired) electrons. The van der Waals surface area contributed by atoms with Gasteiger partial charge in [0, 0.05) is 6.42 Å². The average Bonchev–Trinajstić information content (AvgIpc) is 2.51. The van der Waals surface area contributed by atoms with Gasteiger partial charge in [-0.3, -0.25) is 9.59 Å². The standard InChI is InChI=1S/C11H23N3O3.C5H10O2.CH2O2/c1-11(2,3)17-9(15)8(14-10(13)16)6-4-5-7-12;1-2-3-4-5(6)7;2-1-3/h8H,4-7,12H2,1-3H3,(H3,13,14,16);2-4H2,1H3,(H,6,7);1H,(H,2,3). The second-order valence-corrected chi connectivity index (χ2v) is 6.48. The number of hydrogen-bond donors (Lipinski definition) is 5. The van der Waals surface area contributed by atoms with Crippen molar-refractivity contribution in [2.75, 3.05) is 6.54 Å². The van der Waals surface area contributed by atoms with E-state index in [9.17, 15) is 14.4 Å². The highest BCUT2D eigenvalue weighted by molar-refractivity contribution is 5.82. The highest BCUT2D eigenvalue weighted by Crippen LogP contribution is 2.11. The molecule has 0 bridgehead atoms. The largest absolute Gasteiger partial charge is 0.483 e. The number of ether oxygens (including phenoxy) is 1. The molecule has 10 nitrogen and oxygen atoms in total. The van der Waals surface area contributed by atoms with E-state index in [4.69, 9.17) is 31.2 Å². The molecule has 0 aliphatic carbocycles. The lowest BCUT2D eigenvalue weighted by Gasteiger charge is -2.24. The summed E-state index contributed by atoms with van der Waals surface area (Å²) < 4.78 is 5.19. The second kappa shape index (κ2) is 18.4. The van der Waals surface area contributed by atoms with Crippen LogP contribution in [0.25, 0.3) is 0 Å². The summed E-state index contributed by atoms with van der Waals surface area (Å²) in [6.45, 7) is 7.59. The zero-order valence-corrected chi connectivity index (χ0v) is 16.7. The van der Waals surface area contributed by atoms with Gasteiger partial charge in [-0.2, -0.15) is 0 Å². The number of carboxylic acids is 1. The average molecular weight is 393 g/mol. The fourth-order valence-corrected chi connectivity index (χ4v) is 1.61. The van der Waals surface area contributed by atoms with Crippen molar-refractivity contribution in [3.05, 3.63) is 0 Å². The topological polar surface area (TPSA) is 182 Å². The van der Waals surface area contributed by atoms with Crippen LogP contribution in [-0.2, 0) is 19.1 Å². The molecule has 0 heterocycles. The van der Waals surface area contributed by atoms with Crippen LogP contribution < -0.4 is 16.8 Å². The minimum absolute atomic E-state index is 0.250. The fourth-order valence-electron chi connectivity index (χ4n) is 1.61. The van der Waals surface area contributed by atoms with Gasteiger partial charge >= 0.3 is 18.0 Å². The lowest BCUT2D eigenvalue weighted by Crippen LogP contribution is -2.46. The van der Waals surface area contributed by atoms with Gasteiger partial charge in [0.25, 0.3) is 6.47 Å². The van der Waals surface area contributed by atoms with Crippen LogP contribution in [0.1, 0.15) is 66.2 Å². The van der Waals surface area contributed by atoms with Gasteiger partial charge in [0.1, 0.15) is 11.6 Å². The van der Waals surface area contributed by atoms with E-state index in [0.29, 0.717) is 19.4 Å². The third-order valence-electron chi connectivity index (χ3n) is 2.70. The van der Waals surface area contributed by atoms with E-state index in [1.165, 1.54) is 0 Å². The van der Waals surface area contributed by atoms with Crippen molar-refractivity contribution in [1.29, 1.82) is 0 Å². The zero-order valence-electron chi connectivity index (χ0n) is 16.7. The fraction of sp³-hybridized carbons (Fsp3) is 0.765. The molecular formula is C17H35N3O7. The van der Waals surface area contributed by atoms with Crippen molar-refractivity contribution in [3.8, 4) is 0 Å². The summed E-state index contributed by atoms with van der Waals surface area (Å²) in [5, 5.41) is 17.3. The number of hydrogen-bond acceptors (Lipinski definition) is 6. The monoisotopic (exact) mass is 393 g/mol. The molecule has 0 spiro atoms. The summed E-state index contributed by atoms with van der Waals surface area (Å²) in [6.07, 6.45) is 4.09. The third-order valence-corrected chi connectivity index (χ3v) is 2.70. The van der Waals surface area contributed by atoms with Crippen molar-refractivity contribution >= 4 is 24.4 Å². The molecule has 0 saturated heterocycles. The Morgan fingerprint density at radius 3 is 2.00 bits per heavy atom. The van der Waals surface area contributed by atoms with Crippen LogP contribution >= 0.6 is 0 Å². The van der Waals surface area contributed by atoms with Crippen molar-refractivity contribution < 1.29 is 34.1 Å². The zero-order chi connectivity index (χ0) is 21.9. The van der Waals surface area contributed by atoms with Crippen LogP contribution in [0.5, 0.6) is 0 Å². The van der Waals surface area contributed by atoms with Crippen LogP contribution in [0.4, 0.5) is 4.79 Å². The van der Waals surface area contributed by atoms with E-state index in [1.54, 1.807) is 20.8 Å². The summed E-state index contributed by atoms with van der Waals surface area (Å²) in [7, 11) is 0. The number of esters is 1. The first-order valence-corrected chi connectivity index (χ1v) is 8.73. The van der Waals surface area contributed by atoms with E-state index < -0.39 is 29.6 Å². The Labute approximate surface area is 160 Å². The SMILES string of the molecule is CC(C)(C)OC(=O)C(CCCCN)NC(N)=O.CCCCC(=O)O.O=CO. The summed E-state index contributed by atoms with van der Waals surface area (Å²) >= 11 is 0. The van der Waals surface area contributed by atoms with E-state index in [-0.39, 0.29) is 6.47 Å². The van der Waals surface area contributed by atoms with Gasteiger partial charge in [-0.05, 0) is 53.0 Å². The molecule has 1 unspecified atom stereocenters. The first-order chi connectivity index (χ1) is 12.4. The second-order valence-electron chi connectivity index (χ2n) is 6.48. The Hall–Kier alpha value is -2.36. The minimum Gasteiger partial charge on any atom is -0.483 e. The van der Waals surface area contributed by atoms with Crippen molar-refractivity contribution in [3.63, 3.8) is 0 Å². The van der Waals surface area contributed by atoms with Gasteiger partial charge in [-0.25, -0.2) is 9.59 Å². The van der Waals surface area contributed by atoms with Gasteiger partial charge < -0.3 is 31.7 Å². The van der Waals surface area contributed by atoms with Gasteiger partial charge in [0.2, 0.25) is 0 Å². The predicted molar refractivity (Wildman–Crippen MR) is 101 cm³/mol. The van der Waals surface area contributed by atoms with Gasteiger partial charge in [0.05, 0.1) is 0 Å². The normalized spacial score (nSPS) is 10.9. The number of nitrogens with one attached hydrogen (secondary N) is 1. The number of carbonyl (C=O) groups excluding carboxylic acids is 2. The van der Waals surface area contributed by atoms with Crippen LogP contribution in [0.2, 0.25) is 0 Å². The number of amides is 2. The number of nitrogens with two attached hydrogens (primary N) is 2. The molecule has 0 aromatic heterocycles. The number of unbranched alkanes of at least 4 members (excludes halogenated alkanes) is 2. The Kier molecular flexibility index (Phi) is 20.1. The lowest BCUT2D eigenvalue weighted by molar-refractivity contribution is -0.157. The van der Waals surface area contributed by atoms with E-state index in [0.717, 1.165) is 25.7 Å². The van der Waals surface area contributed by atoms with E-state index in [1.807, 2.05) is 6.92 Å². The highest BCUT2D eigenvalue weighted by Gasteiger charge is 2.25. The van der Waals surface area contributed by atoms with Crippen molar-refractivity contribution in [2.45, 2.75) is 77.9 Å². The third kappa shape index (κ3) is 28.7. The first-order valence-electron chi connectivity index (χ1n) is 8.73. The summed E-state index contributed by atoms with van der Waals surface area (Å²) in [4.78, 5) is 40.7. The Balaban J connectivity index is -0.000000476. The van der Waals surface area contributed by atoms with Crippen molar-refractivity contribution in [1.82, 2.24) is 5.32 Å². The number of carboxylic acid groups (broad SMARTS) is 2. The molecular weight excluding hydrogens is 358 g/mol. The maximum Gasteiger partial charge on any atom is 0.329 e. The van der Waals surface area contributed by atoms with Gasteiger partial charge in [-0.1, -0.05) is 13.3 Å². The van der Waals surface area contributed by atoms with Crippen LogP contribution in [0, 0.1) is 0 Å². The smallest absolute Gasteiger partial charge is 0.329 e. The molecule has 160 valence electrons. The molecule has 0 aromatic rings. The number of aliphatic carboxylic acids is 1. The minimum atomic E-state index is -0.728. The van der Waals surface area contributed by atoms with Gasteiger partial charge in [-0.15, -0.1) is 0 Å². The van der Waals surface area contributed by atoms with Gasteiger partial charge in [0.15, 0.2) is 0 Å². The number of urea groups is 1. The predicted octanol–water partition coefficient (Wildman–Crippen LogP) is 1.46. The molecule has 10 heteroatoms. The summed E-state index contributed by atoms with van der Waals surface area (Å²) in [5.74, 6) is -1.16. The summed E-state index contributed by atoms with van der Waals surface area (Å²) in [6, 6.07) is -1.42. The molecule has 0 aromatic carbocycles.